The maximum Gasteiger partial charge on any atom is 0.240 e. The Bertz CT molecular complexity index is 361. The fraction of sp³-hybridized carbons (Fsp3) is 0. The summed E-state index contributed by atoms with van der Waals surface area (Å²) in [4.78, 5) is 12.9. The SMILES string of the molecule is O=C=Nc1ccc(Cl)c(Cl)c1F. The van der Waals surface area contributed by atoms with E-state index in [1.54, 1.807) is 0 Å². The van der Waals surface area contributed by atoms with Crippen molar-refractivity contribution in [3.8, 4) is 0 Å². The molecule has 0 heterocycles. The average Bonchev–Trinajstić information content (AvgIpc) is 2.07. The van der Waals surface area contributed by atoms with Crippen molar-refractivity contribution in [1.29, 1.82) is 0 Å². The van der Waals surface area contributed by atoms with Crippen LogP contribution in [0.2, 0.25) is 10.0 Å². The van der Waals surface area contributed by atoms with E-state index in [1.165, 1.54) is 18.2 Å². The highest BCUT2D eigenvalue weighted by Gasteiger charge is 2.08. The van der Waals surface area contributed by atoms with Crippen molar-refractivity contribution in [3.05, 3.63) is 28.0 Å². The molecule has 0 aliphatic heterocycles. The first-order valence-electron chi connectivity index (χ1n) is 2.88. The Labute approximate surface area is 77.6 Å². The molecule has 2 nitrogen and oxygen atoms in total. The van der Waals surface area contributed by atoms with Crippen LogP contribution in [0.15, 0.2) is 17.1 Å². The monoisotopic (exact) mass is 205 g/mol. The van der Waals surface area contributed by atoms with Crippen LogP contribution in [0.1, 0.15) is 0 Å². The molecular weight excluding hydrogens is 204 g/mol. The minimum absolute atomic E-state index is 0.0824. The fourth-order valence-corrected chi connectivity index (χ4v) is 0.957. The van der Waals surface area contributed by atoms with Crippen molar-refractivity contribution in [1.82, 2.24) is 0 Å². The minimum atomic E-state index is -0.812. The normalized spacial score (nSPS) is 9.25. The third-order valence-electron chi connectivity index (χ3n) is 1.18. The molecule has 0 aliphatic rings. The summed E-state index contributed by atoms with van der Waals surface area (Å²) >= 11 is 10.9. The van der Waals surface area contributed by atoms with E-state index in [0.717, 1.165) is 0 Å². The molecule has 0 aliphatic carbocycles. The van der Waals surface area contributed by atoms with Crippen molar-refractivity contribution >= 4 is 35.0 Å². The molecule has 1 aromatic rings. The van der Waals surface area contributed by atoms with E-state index >= 15 is 0 Å². The van der Waals surface area contributed by atoms with E-state index in [2.05, 4.69) is 4.99 Å². The summed E-state index contributed by atoms with van der Waals surface area (Å²) < 4.78 is 13.0. The molecule has 0 radical (unpaired) electrons. The minimum Gasteiger partial charge on any atom is -0.211 e. The van der Waals surface area contributed by atoms with Crippen molar-refractivity contribution in [3.63, 3.8) is 0 Å². The van der Waals surface area contributed by atoms with Crippen LogP contribution < -0.4 is 0 Å². The number of hydrogen-bond donors (Lipinski definition) is 0. The van der Waals surface area contributed by atoms with E-state index in [0.29, 0.717) is 0 Å². The molecule has 0 aromatic heterocycles. The van der Waals surface area contributed by atoms with Gasteiger partial charge >= 0.3 is 0 Å². The highest BCUT2D eigenvalue weighted by atomic mass is 35.5. The number of nitrogens with zero attached hydrogens (tertiary/aromatic N) is 1. The van der Waals surface area contributed by atoms with Gasteiger partial charge in [0.25, 0.3) is 0 Å². The number of hydrogen-bond acceptors (Lipinski definition) is 2. The van der Waals surface area contributed by atoms with E-state index in [4.69, 9.17) is 23.2 Å². The molecule has 1 aromatic carbocycles. The van der Waals surface area contributed by atoms with Crippen LogP contribution in [0.3, 0.4) is 0 Å². The Kier molecular flexibility index (Phi) is 2.82. The van der Waals surface area contributed by atoms with Crippen LogP contribution in [-0.4, -0.2) is 6.08 Å². The quantitative estimate of drug-likeness (QED) is 0.394. The first-order valence-corrected chi connectivity index (χ1v) is 3.63. The van der Waals surface area contributed by atoms with Crippen LogP contribution >= 0.6 is 23.2 Å². The zero-order chi connectivity index (χ0) is 9.14. The van der Waals surface area contributed by atoms with Crippen LogP contribution in [0.4, 0.5) is 10.1 Å². The molecule has 0 N–H and O–H groups in total. The lowest BCUT2D eigenvalue weighted by atomic mass is 10.3. The van der Waals surface area contributed by atoms with Crippen molar-refractivity contribution in [2.45, 2.75) is 0 Å². The second-order valence-corrected chi connectivity index (χ2v) is 2.68. The second kappa shape index (κ2) is 3.68. The summed E-state index contributed by atoms with van der Waals surface area (Å²) in [6.45, 7) is 0. The summed E-state index contributed by atoms with van der Waals surface area (Å²) in [6, 6.07) is 2.59. The van der Waals surface area contributed by atoms with Crippen LogP contribution in [0.5, 0.6) is 0 Å². The molecule has 62 valence electrons. The van der Waals surface area contributed by atoms with Gasteiger partial charge in [-0.1, -0.05) is 23.2 Å². The van der Waals surface area contributed by atoms with Crippen LogP contribution in [-0.2, 0) is 4.79 Å². The average molecular weight is 206 g/mol. The summed E-state index contributed by atoms with van der Waals surface area (Å²) in [6.07, 6.45) is 1.20. The molecule has 0 saturated heterocycles. The number of rotatable bonds is 1. The van der Waals surface area contributed by atoms with Gasteiger partial charge in [-0.25, -0.2) is 9.18 Å². The topological polar surface area (TPSA) is 29.4 Å². The molecule has 0 fully saturated rings. The Morgan fingerprint density at radius 2 is 2.08 bits per heavy atom. The number of carbonyl (C=O) groups excluding carboxylic acids is 1. The summed E-state index contributed by atoms with van der Waals surface area (Å²) in [5.41, 5.74) is -0.167. The Morgan fingerprint density at radius 1 is 1.42 bits per heavy atom. The molecule has 0 atom stereocenters. The largest absolute Gasteiger partial charge is 0.240 e. The van der Waals surface area contributed by atoms with Gasteiger partial charge in [0.15, 0.2) is 5.82 Å². The van der Waals surface area contributed by atoms with Crippen molar-refractivity contribution in [2.24, 2.45) is 4.99 Å². The third-order valence-corrected chi connectivity index (χ3v) is 1.96. The maximum absolute atomic E-state index is 13.0. The van der Waals surface area contributed by atoms with Gasteiger partial charge in [-0.3, -0.25) is 0 Å². The molecular formula is C7H2Cl2FNO. The van der Waals surface area contributed by atoms with E-state index in [-0.39, 0.29) is 15.7 Å². The first kappa shape index (κ1) is 9.20. The van der Waals surface area contributed by atoms with Gasteiger partial charge < -0.3 is 0 Å². The van der Waals surface area contributed by atoms with Crippen LogP contribution in [0.25, 0.3) is 0 Å². The fourth-order valence-electron chi connectivity index (χ4n) is 0.651. The van der Waals surface area contributed by atoms with Crippen molar-refractivity contribution in [2.75, 3.05) is 0 Å². The lowest BCUT2D eigenvalue weighted by molar-refractivity contribution is 0.564. The Balaban J connectivity index is 3.35. The molecule has 0 spiro atoms. The smallest absolute Gasteiger partial charge is 0.211 e. The number of halogens is 3. The standard InChI is InChI=1S/C7H2Cl2FNO/c8-4-1-2-5(11-3-12)7(10)6(4)9/h1-2H. The second-order valence-electron chi connectivity index (χ2n) is 1.90. The van der Waals surface area contributed by atoms with Crippen LogP contribution in [0, 0.1) is 5.82 Å². The highest BCUT2D eigenvalue weighted by molar-refractivity contribution is 6.42. The van der Waals surface area contributed by atoms with Gasteiger partial charge in [0, 0.05) is 0 Å². The van der Waals surface area contributed by atoms with Gasteiger partial charge in [0.1, 0.15) is 5.69 Å². The van der Waals surface area contributed by atoms with E-state index < -0.39 is 5.82 Å². The van der Waals surface area contributed by atoms with Gasteiger partial charge in [-0.05, 0) is 12.1 Å². The van der Waals surface area contributed by atoms with Crippen molar-refractivity contribution < 1.29 is 9.18 Å². The third kappa shape index (κ3) is 1.64. The number of aliphatic imine (C=N–C) groups is 1. The number of benzene rings is 1. The van der Waals surface area contributed by atoms with E-state index in [1.807, 2.05) is 0 Å². The zero-order valence-corrected chi connectivity index (χ0v) is 7.16. The zero-order valence-electron chi connectivity index (χ0n) is 5.64. The molecule has 12 heavy (non-hydrogen) atoms. The van der Waals surface area contributed by atoms with Gasteiger partial charge in [-0.15, -0.1) is 0 Å². The maximum atomic E-state index is 13.0. The van der Waals surface area contributed by atoms with E-state index in [9.17, 15) is 9.18 Å². The van der Waals surface area contributed by atoms with Gasteiger partial charge in [-0.2, -0.15) is 4.99 Å². The molecule has 0 amide bonds. The highest BCUT2D eigenvalue weighted by Crippen LogP contribution is 2.30. The molecule has 5 heteroatoms. The molecule has 0 unspecified atom stereocenters. The Hall–Kier alpha value is -0.890. The molecule has 1 rings (SSSR count). The predicted molar refractivity (Wildman–Crippen MR) is 44.2 cm³/mol. The number of isocyanates is 1. The lowest BCUT2D eigenvalue weighted by Gasteiger charge is -1.98. The summed E-state index contributed by atoms with van der Waals surface area (Å²) in [5, 5.41) is -0.160. The van der Waals surface area contributed by atoms with Gasteiger partial charge in [0.2, 0.25) is 6.08 Å². The molecule has 0 bridgehead atoms. The summed E-state index contributed by atoms with van der Waals surface area (Å²) in [5.74, 6) is -0.812. The predicted octanol–water partition coefficient (Wildman–Crippen LogP) is 3.10. The Morgan fingerprint density at radius 3 is 2.67 bits per heavy atom. The summed E-state index contributed by atoms with van der Waals surface area (Å²) in [7, 11) is 0. The lowest BCUT2D eigenvalue weighted by Crippen LogP contribution is -1.78. The molecule has 0 saturated carbocycles. The van der Waals surface area contributed by atoms with Gasteiger partial charge in [0.05, 0.1) is 10.0 Å². The first-order chi connectivity index (χ1) is 5.66.